The molecular weight excluding hydrogens is 283 g/mol. The third-order valence-corrected chi connectivity index (χ3v) is 2.59. The van der Waals surface area contributed by atoms with Crippen LogP contribution in [-0.2, 0) is 11.8 Å². The molecule has 0 saturated carbocycles. The molecule has 0 bridgehead atoms. The van der Waals surface area contributed by atoms with Gasteiger partial charge in [0.15, 0.2) is 5.82 Å². The molecule has 86 valence electrons. The van der Waals surface area contributed by atoms with Gasteiger partial charge < -0.3 is 11.1 Å². The van der Waals surface area contributed by atoms with Crippen molar-refractivity contribution in [2.75, 3.05) is 5.32 Å². The highest BCUT2D eigenvalue weighted by atomic mass is 79.9. The fourth-order valence-corrected chi connectivity index (χ4v) is 1.21. The highest BCUT2D eigenvalue weighted by molar-refractivity contribution is 9.10. The Labute approximate surface area is 103 Å². The molecule has 0 aliphatic rings. The van der Waals surface area contributed by atoms with Crippen molar-refractivity contribution in [1.29, 1.82) is 0 Å². The molecule has 1 aromatic heterocycles. The summed E-state index contributed by atoms with van der Waals surface area (Å²) in [5, 5.41) is 6.68. The SMILES string of the molecule is CCC(N)C(=O)Nc1cc(Br)n(C)n1.Cl. The van der Waals surface area contributed by atoms with Crippen molar-refractivity contribution in [3.05, 3.63) is 10.7 Å². The van der Waals surface area contributed by atoms with E-state index in [9.17, 15) is 4.79 Å². The second kappa shape index (κ2) is 6.09. The van der Waals surface area contributed by atoms with Crippen molar-refractivity contribution in [3.8, 4) is 0 Å². The molecule has 5 nitrogen and oxygen atoms in total. The van der Waals surface area contributed by atoms with Gasteiger partial charge in [0.25, 0.3) is 0 Å². The predicted molar refractivity (Wildman–Crippen MR) is 65.1 cm³/mol. The molecule has 15 heavy (non-hydrogen) atoms. The molecule has 1 heterocycles. The summed E-state index contributed by atoms with van der Waals surface area (Å²) in [7, 11) is 1.78. The second-order valence-electron chi connectivity index (χ2n) is 2.98. The lowest BCUT2D eigenvalue weighted by Crippen LogP contribution is -2.34. The number of nitrogens with two attached hydrogens (primary N) is 1. The average molecular weight is 298 g/mol. The Morgan fingerprint density at radius 2 is 2.40 bits per heavy atom. The van der Waals surface area contributed by atoms with Crippen molar-refractivity contribution >= 4 is 40.1 Å². The van der Waals surface area contributed by atoms with Crippen LogP contribution in [0.25, 0.3) is 0 Å². The van der Waals surface area contributed by atoms with Crippen LogP contribution in [0.4, 0.5) is 5.82 Å². The van der Waals surface area contributed by atoms with Gasteiger partial charge >= 0.3 is 0 Å². The molecule has 0 radical (unpaired) electrons. The van der Waals surface area contributed by atoms with E-state index in [0.29, 0.717) is 12.2 Å². The maximum atomic E-state index is 11.4. The Bertz CT molecular complexity index is 322. The summed E-state index contributed by atoms with van der Waals surface area (Å²) in [6.45, 7) is 1.86. The zero-order valence-corrected chi connectivity index (χ0v) is 10.9. The zero-order chi connectivity index (χ0) is 10.7. The number of aromatic nitrogens is 2. The predicted octanol–water partition coefficient (Wildman–Crippen LogP) is 1.28. The standard InChI is InChI=1S/C8H13BrN4O.ClH/c1-3-5(10)8(14)11-7-4-6(9)13(2)12-7;/h4-5H,3,10H2,1-2H3,(H,11,12,14);1H. The van der Waals surface area contributed by atoms with Gasteiger partial charge in [-0.15, -0.1) is 12.4 Å². The monoisotopic (exact) mass is 296 g/mol. The van der Waals surface area contributed by atoms with E-state index in [2.05, 4.69) is 26.3 Å². The molecule has 1 rings (SSSR count). The van der Waals surface area contributed by atoms with Gasteiger partial charge in [-0.1, -0.05) is 6.92 Å². The van der Waals surface area contributed by atoms with E-state index in [1.54, 1.807) is 17.8 Å². The van der Waals surface area contributed by atoms with E-state index in [0.717, 1.165) is 4.60 Å². The van der Waals surface area contributed by atoms with Crippen molar-refractivity contribution in [2.45, 2.75) is 19.4 Å². The number of carbonyl (C=O) groups is 1. The first-order chi connectivity index (χ1) is 6.54. The Hall–Kier alpha value is -0.590. The summed E-state index contributed by atoms with van der Waals surface area (Å²) >= 11 is 3.28. The van der Waals surface area contributed by atoms with Crippen molar-refractivity contribution < 1.29 is 4.79 Å². The fraction of sp³-hybridized carbons (Fsp3) is 0.500. The quantitative estimate of drug-likeness (QED) is 0.883. The molecule has 0 saturated heterocycles. The minimum atomic E-state index is -0.476. The second-order valence-corrected chi connectivity index (χ2v) is 3.79. The lowest BCUT2D eigenvalue weighted by Gasteiger charge is -2.06. The Morgan fingerprint density at radius 1 is 1.80 bits per heavy atom. The normalized spacial score (nSPS) is 11.7. The highest BCUT2D eigenvalue weighted by Crippen LogP contribution is 2.14. The third kappa shape index (κ3) is 3.81. The summed E-state index contributed by atoms with van der Waals surface area (Å²) in [6, 6.07) is 1.25. The van der Waals surface area contributed by atoms with E-state index in [-0.39, 0.29) is 18.3 Å². The van der Waals surface area contributed by atoms with Crippen LogP contribution < -0.4 is 11.1 Å². The number of amides is 1. The van der Waals surface area contributed by atoms with Crippen LogP contribution in [0, 0.1) is 0 Å². The van der Waals surface area contributed by atoms with Crippen molar-refractivity contribution in [2.24, 2.45) is 12.8 Å². The van der Waals surface area contributed by atoms with Crippen LogP contribution in [0.1, 0.15) is 13.3 Å². The summed E-state index contributed by atoms with van der Waals surface area (Å²) in [4.78, 5) is 11.4. The molecule has 3 N–H and O–H groups in total. The largest absolute Gasteiger partial charge is 0.320 e. The number of hydrogen-bond acceptors (Lipinski definition) is 3. The third-order valence-electron chi connectivity index (χ3n) is 1.85. The Morgan fingerprint density at radius 3 is 2.80 bits per heavy atom. The molecule has 1 unspecified atom stereocenters. The van der Waals surface area contributed by atoms with Gasteiger partial charge in [-0.3, -0.25) is 9.48 Å². The molecule has 1 amide bonds. The summed E-state index contributed by atoms with van der Waals surface area (Å²) in [6.07, 6.45) is 0.611. The first-order valence-electron chi connectivity index (χ1n) is 4.30. The maximum Gasteiger partial charge on any atom is 0.242 e. The van der Waals surface area contributed by atoms with Crippen LogP contribution in [0.3, 0.4) is 0 Å². The van der Waals surface area contributed by atoms with Crippen LogP contribution in [0.5, 0.6) is 0 Å². The van der Waals surface area contributed by atoms with Crippen molar-refractivity contribution in [1.82, 2.24) is 9.78 Å². The molecule has 0 aliphatic heterocycles. The van der Waals surface area contributed by atoms with Gasteiger partial charge in [0.2, 0.25) is 5.91 Å². The molecule has 7 heteroatoms. The summed E-state index contributed by atoms with van der Waals surface area (Å²) < 4.78 is 2.42. The lowest BCUT2D eigenvalue weighted by atomic mass is 10.2. The minimum absolute atomic E-state index is 0. The van der Waals surface area contributed by atoms with Gasteiger partial charge in [0, 0.05) is 13.1 Å². The number of hydrogen-bond donors (Lipinski definition) is 2. The highest BCUT2D eigenvalue weighted by Gasteiger charge is 2.12. The fourth-order valence-electron chi connectivity index (χ4n) is 0.910. The van der Waals surface area contributed by atoms with Gasteiger partial charge in [0.1, 0.15) is 4.60 Å². The topological polar surface area (TPSA) is 72.9 Å². The summed E-state index contributed by atoms with van der Waals surface area (Å²) in [5.74, 6) is 0.298. The molecular formula is C8H14BrClN4O. The van der Waals surface area contributed by atoms with E-state index in [4.69, 9.17) is 5.73 Å². The average Bonchev–Trinajstić information content (AvgIpc) is 2.44. The molecule has 0 fully saturated rings. The van der Waals surface area contributed by atoms with Crippen LogP contribution >= 0.6 is 28.3 Å². The van der Waals surface area contributed by atoms with Gasteiger partial charge in [-0.25, -0.2) is 0 Å². The molecule has 1 atom stereocenters. The molecule has 0 spiro atoms. The number of nitrogens with zero attached hydrogens (tertiary/aromatic N) is 2. The Balaban J connectivity index is 0.00000196. The van der Waals surface area contributed by atoms with E-state index in [1.165, 1.54) is 0 Å². The summed E-state index contributed by atoms with van der Waals surface area (Å²) in [5.41, 5.74) is 5.55. The van der Waals surface area contributed by atoms with Crippen LogP contribution in [0.15, 0.2) is 10.7 Å². The van der Waals surface area contributed by atoms with Crippen LogP contribution in [0.2, 0.25) is 0 Å². The first-order valence-corrected chi connectivity index (χ1v) is 5.10. The van der Waals surface area contributed by atoms with Crippen LogP contribution in [-0.4, -0.2) is 21.7 Å². The van der Waals surface area contributed by atoms with Gasteiger partial charge in [-0.2, -0.15) is 5.10 Å². The number of aryl methyl sites for hydroxylation is 1. The number of rotatable bonds is 3. The maximum absolute atomic E-state index is 11.4. The molecule has 0 aromatic carbocycles. The number of anilines is 1. The number of halogens is 2. The number of nitrogens with one attached hydrogen (secondary N) is 1. The van der Waals surface area contributed by atoms with E-state index in [1.807, 2.05) is 6.92 Å². The van der Waals surface area contributed by atoms with Gasteiger partial charge in [0.05, 0.1) is 6.04 Å². The smallest absolute Gasteiger partial charge is 0.242 e. The van der Waals surface area contributed by atoms with Gasteiger partial charge in [-0.05, 0) is 22.4 Å². The molecule has 1 aromatic rings. The zero-order valence-electron chi connectivity index (χ0n) is 8.53. The van der Waals surface area contributed by atoms with Crippen molar-refractivity contribution in [3.63, 3.8) is 0 Å². The first kappa shape index (κ1) is 14.4. The minimum Gasteiger partial charge on any atom is -0.320 e. The Kier molecular flexibility index (Phi) is 5.85. The van der Waals surface area contributed by atoms with E-state index < -0.39 is 6.04 Å². The number of carbonyl (C=O) groups excluding carboxylic acids is 1. The lowest BCUT2D eigenvalue weighted by molar-refractivity contribution is -0.117. The van der Waals surface area contributed by atoms with E-state index >= 15 is 0 Å². The molecule has 0 aliphatic carbocycles.